The van der Waals surface area contributed by atoms with Gasteiger partial charge in [-0.05, 0) is 0 Å². The third-order valence-corrected chi connectivity index (χ3v) is 0.535. The average Bonchev–Trinajstić information content (AvgIpc) is 1.85. The fourth-order valence-electron chi connectivity index (χ4n) is 0.172. The van der Waals surface area contributed by atoms with Crippen LogP contribution in [0.3, 0.4) is 0 Å². The monoisotopic (exact) mass is 172 g/mol. The van der Waals surface area contributed by atoms with Gasteiger partial charge in [0, 0.05) is 0 Å². The van der Waals surface area contributed by atoms with E-state index in [1.165, 1.54) is 5.43 Å². The fourth-order valence-corrected chi connectivity index (χ4v) is 0.172. The summed E-state index contributed by atoms with van der Waals surface area (Å²) in [5.74, 6) is 1.71. The number of carbonyl (C=O) groups excluding carboxylic acids is 2. The first kappa shape index (κ1) is 9.69. The molecule has 0 rings (SSSR count). The molecule has 0 fully saturated rings. The standard InChI is InChI=1S/C3H3F3N2O3/c4-3(5,6)1(9)11-2(10)8-7/h7H2,(H,8,10). The van der Waals surface area contributed by atoms with Crippen molar-refractivity contribution in [3.63, 3.8) is 0 Å². The van der Waals surface area contributed by atoms with Crippen LogP contribution in [-0.4, -0.2) is 18.2 Å². The summed E-state index contributed by atoms with van der Waals surface area (Å²) in [5, 5.41) is 0. The molecule has 0 radical (unpaired) electrons. The maximum absolute atomic E-state index is 11.3. The summed E-state index contributed by atoms with van der Waals surface area (Å²) in [7, 11) is 0. The number of nitrogens with one attached hydrogen (secondary N) is 1. The maximum Gasteiger partial charge on any atom is 0.491 e. The Kier molecular flexibility index (Phi) is 2.81. The van der Waals surface area contributed by atoms with E-state index >= 15 is 0 Å². The number of hydrogen-bond acceptors (Lipinski definition) is 4. The lowest BCUT2D eigenvalue weighted by Crippen LogP contribution is -2.36. The summed E-state index contributed by atoms with van der Waals surface area (Å²) >= 11 is 0. The molecule has 0 aromatic carbocycles. The molecule has 0 heterocycles. The van der Waals surface area contributed by atoms with Crippen molar-refractivity contribution in [1.82, 2.24) is 5.43 Å². The summed E-state index contributed by atoms with van der Waals surface area (Å²) in [5.41, 5.74) is 1.19. The number of hydrazine groups is 1. The Bertz CT molecular complexity index is 177. The molecule has 11 heavy (non-hydrogen) atoms. The molecule has 8 heteroatoms. The zero-order valence-corrected chi connectivity index (χ0v) is 4.94. The molecule has 64 valence electrons. The van der Waals surface area contributed by atoms with Crippen LogP contribution >= 0.6 is 0 Å². The number of hydrogen-bond donors (Lipinski definition) is 2. The number of amides is 1. The van der Waals surface area contributed by atoms with Crippen LogP contribution in [0.5, 0.6) is 0 Å². The highest BCUT2D eigenvalue weighted by Gasteiger charge is 2.42. The van der Waals surface area contributed by atoms with Crippen molar-refractivity contribution >= 4 is 12.1 Å². The summed E-state index contributed by atoms with van der Waals surface area (Å²) < 4.78 is 36.9. The molecule has 0 bridgehead atoms. The highest BCUT2D eigenvalue weighted by Crippen LogP contribution is 2.16. The molecular weight excluding hydrogens is 169 g/mol. The molecule has 0 saturated heterocycles. The van der Waals surface area contributed by atoms with E-state index in [1.54, 1.807) is 0 Å². The highest BCUT2D eigenvalue weighted by molar-refractivity contribution is 5.87. The quantitative estimate of drug-likeness (QED) is 0.172. The van der Waals surface area contributed by atoms with E-state index in [1.807, 2.05) is 0 Å². The van der Waals surface area contributed by atoms with Crippen molar-refractivity contribution in [2.45, 2.75) is 6.18 Å². The fraction of sp³-hybridized carbons (Fsp3) is 0.333. The Morgan fingerprint density at radius 2 is 1.82 bits per heavy atom. The predicted octanol–water partition coefficient (Wildman–Crippen LogP) is -0.325. The highest BCUT2D eigenvalue weighted by atomic mass is 19.4. The molecule has 0 unspecified atom stereocenters. The van der Waals surface area contributed by atoms with E-state index in [9.17, 15) is 22.8 Å². The van der Waals surface area contributed by atoms with E-state index in [0.717, 1.165) is 0 Å². The number of nitrogens with two attached hydrogens (primary N) is 1. The average molecular weight is 172 g/mol. The van der Waals surface area contributed by atoms with Gasteiger partial charge in [0.15, 0.2) is 0 Å². The van der Waals surface area contributed by atoms with Crippen LogP contribution in [0.15, 0.2) is 0 Å². The second-order valence-electron chi connectivity index (χ2n) is 1.32. The summed E-state index contributed by atoms with van der Waals surface area (Å²) in [6, 6.07) is 0. The van der Waals surface area contributed by atoms with Crippen molar-refractivity contribution in [2.24, 2.45) is 5.84 Å². The van der Waals surface area contributed by atoms with Gasteiger partial charge in [-0.2, -0.15) is 13.2 Å². The number of alkyl halides is 3. The van der Waals surface area contributed by atoms with Crippen molar-refractivity contribution in [1.29, 1.82) is 0 Å². The normalized spacial score (nSPS) is 10.5. The van der Waals surface area contributed by atoms with Gasteiger partial charge in [-0.1, -0.05) is 0 Å². The Morgan fingerprint density at radius 3 is 2.09 bits per heavy atom. The van der Waals surface area contributed by atoms with Crippen LogP contribution in [0, 0.1) is 0 Å². The third kappa shape index (κ3) is 3.40. The van der Waals surface area contributed by atoms with Crippen LogP contribution < -0.4 is 11.3 Å². The summed E-state index contributed by atoms with van der Waals surface area (Å²) in [6.45, 7) is 0. The van der Waals surface area contributed by atoms with Gasteiger partial charge in [0.2, 0.25) is 0 Å². The molecule has 0 saturated carbocycles. The molecule has 1 amide bonds. The topological polar surface area (TPSA) is 81.4 Å². The number of halogens is 3. The predicted molar refractivity (Wildman–Crippen MR) is 24.9 cm³/mol. The molecule has 0 aromatic heterocycles. The first-order chi connectivity index (χ1) is 4.88. The van der Waals surface area contributed by atoms with Gasteiger partial charge in [-0.15, -0.1) is 0 Å². The minimum atomic E-state index is -5.19. The molecule has 0 aliphatic carbocycles. The Labute approximate surface area is 58.3 Å². The first-order valence-electron chi connectivity index (χ1n) is 2.17. The van der Waals surface area contributed by atoms with Gasteiger partial charge in [0.05, 0.1) is 0 Å². The smallest absolute Gasteiger partial charge is 0.369 e. The number of carbonyl (C=O) groups is 2. The van der Waals surface area contributed by atoms with E-state index < -0.39 is 18.2 Å². The van der Waals surface area contributed by atoms with E-state index in [0.29, 0.717) is 0 Å². The maximum atomic E-state index is 11.3. The SMILES string of the molecule is NNC(=O)OC(=O)C(F)(F)F. The Morgan fingerprint density at radius 1 is 1.36 bits per heavy atom. The minimum Gasteiger partial charge on any atom is -0.369 e. The lowest BCUT2D eigenvalue weighted by Gasteiger charge is -2.03. The van der Waals surface area contributed by atoms with E-state index in [-0.39, 0.29) is 0 Å². The zero-order chi connectivity index (χ0) is 9.07. The largest absolute Gasteiger partial charge is 0.491 e. The second kappa shape index (κ2) is 3.19. The van der Waals surface area contributed by atoms with E-state index in [2.05, 4.69) is 10.6 Å². The lowest BCUT2D eigenvalue weighted by molar-refractivity contribution is -0.192. The molecule has 0 aromatic rings. The first-order valence-corrected chi connectivity index (χ1v) is 2.17. The van der Waals surface area contributed by atoms with Gasteiger partial charge in [0.1, 0.15) is 0 Å². The summed E-state index contributed by atoms with van der Waals surface area (Å²) in [6.07, 6.45) is -6.85. The number of ether oxygens (including phenoxy) is 1. The lowest BCUT2D eigenvalue weighted by atomic mass is 10.7. The van der Waals surface area contributed by atoms with Gasteiger partial charge >= 0.3 is 18.2 Å². The zero-order valence-electron chi connectivity index (χ0n) is 4.94. The van der Waals surface area contributed by atoms with Crippen molar-refractivity contribution in [3.8, 4) is 0 Å². The Hall–Kier alpha value is -1.31. The van der Waals surface area contributed by atoms with Gasteiger partial charge in [-0.3, -0.25) is 5.43 Å². The van der Waals surface area contributed by atoms with Crippen LogP contribution in [0.1, 0.15) is 0 Å². The minimum absolute atomic E-state index is 1.19. The van der Waals surface area contributed by atoms with Gasteiger partial charge in [-0.25, -0.2) is 15.4 Å². The van der Waals surface area contributed by atoms with Crippen molar-refractivity contribution < 1.29 is 27.5 Å². The molecule has 0 aliphatic rings. The molecule has 0 aliphatic heterocycles. The third-order valence-electron chi connectivity index (χ3n) is 0.535. The molecular formula is C3H3F3N2O3. The summed E-state index contributed by atoms with van der Waals surface area (Å²) in [4.78, 5) is 19.7. The molecule has 0 spiro atoms. The molecule has 5 nitrogen and oxygen atoms in total. The molecule has 0 atom stereocenters. The Balaban J connectivity index is 3.99. The van der Waals surface area contributed by atoms with Crippen LogP contribution in [0.25, 0.3) is 0 Å². The van der Waals surface area contributed by atoms with Gasteiger partial charge < -0.3 is 4.74 Å². The number of rotatable bonds is 0. The van der Waals surface area contributed by atoms with Gasteiger partial charge in [0.25, 0.3) is 0 Å². The van der Waals surface area contributed by atoms with E-state index in [4.69, 9.17) is 0 Å². The van der Waals surface area contributed by atoms with Crippen LogP contribution in [0.4, 0.5) is 18.0 Å². The van der Waals surface area contributed by atoms with Crippen LogP contribution in [-0.2, 0) is 9.53 Å². The number of esters is 1. The van der Waals surface area contributed by atoms with Crippen molar-refractivity contribution in [2.75, 3.05) is 0 Å². The van der Waals surface area contributed by atoms with Crippen LogP contribution in [0.2, 0.25) is 0 Å². The second-order valence-corrected chi connectivity index (χ2v) is 1.32. The van der Waals surface area contributed by atoms with Crippen molar-refractivity contribution in [3.05, 3.63) is 0 Å². The molecule has 3 N–H and O–H groups in total.